The second-order valence-corrected chi connectivity index (χ2v) is 7.24. The van der Waals surface area contributed by atoms with Gasteiger partial charge in [0.1, 0.15) is 0 Å². The van der Waals surface area contributed by atoms with Gasteiger partial charge in [-0.15, -0.1) is 0 Å². The first-order chi connectivity index (χ1) is 13.2. The Bertz CT molecular complexity index is 1260. The van der Waals surface area contributed by atoms with Crippen molar-refractivity contribution < 1.29 is 9.59 Å². The maximum absolute atomic E-state index is 13.3. The summed E-state index contributed by atoms with van der Waals surface area (Å²) in [5.41, 5.74) is 4.45. The molecule has 27 heavy (non-hydrogen) atoms. The first-order valence-corrected chi connectivity index (χ1v) is 9.18. The van der Waals surface area contributed by atoms with Crippen molar-refractivity contribution in [3.8, 4) is 0 Å². The predicted octanol–water partition coefficient (Wildman–Crippen LogP) is 4.89. The van der Waals surface area contributed by atoms with Gasteiger partial charge in [-0.2, -0.15) is 0 Å². The number of carbonyl (C=O) groups excluding carboxylic acids is 2. The van der Waals surface area contributed by atoms with Crippen molar-refractivity contribution in [2.75, 3.05) is 4.90 Å². The van der Waals surface area contributed by atoms with Gasteiger partial charge in [0.25, 0.3) is 11.8 Å². The third-order valence-electron chi connectivity index (χ3n) is 5.87. The predicted molar refractivity (Wildman–Crippen MR) is 106 cm³/mol. The molecule has 128 valence electrons. The second kappa shape index (κ2) is 5.04. The molecule has 0 N–H and O–H groups in total. The molecule has 0 radical (unpaired) electrons. The fraction of sp³-hybridized carbons (Fsp3) is 0.0833. The average molecular weight is 349 g/mol. The highest BCUT2D eigenvalue weighted by molar-refractivity contribution is 6.37. The van der Waals surface area contributed by atoms with Crippen LogP contribution in [0.1, 0.15) is 31.8 Å². The maximum Gasteiger partial charge on any atom is 0.266 e. The maximum atomic E-state index is 13.3. The average Bonchev–Trinajstić information content (AvgIpc) is 3.12. The minimum atomic E-state index is -0.247. The number of carbonyl (C=O) groups is 2. The van der Waals surface area contributed by atoms with Gasteiger partial charge >= 0.3 is 0 Å². The molecule has 1 aliphatic carbocycles. The SMILES string of the molecule is O=C1c2cccc3cccc(c23)C(=O)N1c1ccc2c3c(cccc13)CC2. The molecule has 0 atom stereocenters. The van der Waals surface area contributed by atoms with Gasteiger partial charge in [0, 0.05) is 21.9 Å². The van der Waals surface area contributed by atoms with Crippen molar-refractivity contribution in [3.05, 3.63) is 89.0 Å². The minimum Gasteiger partial charge on any atom is -0.268 e. The fourth-order valence-corrected chi connectivity index (χ4v) is 4.68. The van der Waals surface area contributed by atoms with Crippen LogP contribution in [0.2, 0.25) is 0 Å². The van der Waals surface area contributed by atoms with E-state index in [4.69, 9.17) is 0 Å². The molecule has 4 aromatic carbocycles. The summed E-state index contributed by atoms with van der Waals surface area (Å²) in [4.78, 5) is 28.1. The molecule has 3 heteroatoms. The molecule has 0 aromatic heterocycles. The van der Waals surface area contributed by atoms with Gasteiger partial charge in [-0.1, -0.05) is 48.5 Å². The monoisotopic (exact) mass is 349 g/mol. The Morgan fingerprint density at radius 1 is 0.630 bits per heavy atom. The van der Waals surface area contributed by atoms with E-state index in [1.165, 1.54) is 21.4 Å². The van der Waals surface area contributed by atoms with E-state index in [0.29, 0.717) is 16.8 Å². The summed E-state index contributed by atoms with van der Waals surface area (Å²) in [6.45, 7) is 0. The van der Waals surface area contributed by atoms with E-state index in [1.807, 2.05) is 54.6 Å². The van der Waals surface area contributed by atoms with Crippen molar-refractivity contribution in [3.63, 3.8) is 0 Å². The smallest absolute Gasteiger partial charge is 0.266 e. The van der Waals surface area contributed by atoms with Crippen LogP contribution in [0.3, 0.4) is 0 Å². The number of amides is 2. The summed E-state index contributed by atoms with van der Waals surface area (Å²) in [5.74, 6) is -0.494. The number of hydrogen-bond acceptors (Lipinski definition) is 2. The van der Waals surface area contributed by atoms with Crippen molar-refractivity contribution in [2.45, 2.75) is 12.8 Å². The second-order valence-electron chi connectivity index (χ2n) is 7.24. The Morgan fingerprint density at radius 3 is 1.96 bits per heavy atom. The first-order valence-electron chi connectivity index (χ1n) is 9.18. The summed E-state index contributed by atoms with van der Waals surface area (Å²) in [7, 11) is 0. The lowest BCUT2D eigenvalue weighted by atomic mass is 9.93. The molecule has 0 saturated carbocycles. The zero-order chi connectivity index (χ0) is 18.1. The van der Waals surface area contributed by atoms with E-state index in [-0.39, 0.29) is 11.8 Å². The van der Waals surface area contributed by atoms with Gasteiger partial charge in [-0.3, -0.25) is 9.59 Å². The van der Waals surface area contributed by atoms with Crippen LogP contribution in [0.25, 0.3) is 21.5 Å². The molecular weight excluding hydrogens is 334 g/mol. The van der Waals surface area contributed by atoms with Crippen LogP contribution in [0.5, 0.6) is 0 Å². The Kier molecular flexibility index (Phi) is 2.74. The van der Waals surface area contributed by atoms with E-state index < -0.39 is 0 Å². The standard InChI is InChI=1S/C24H15NO2/c26-23-18-8-2-4-14-5-3-9-19(22(14)18)24(27)25(23)20-13-12-16-11-10-15-6-1-7-17(20)21(15)16/h1-9,12-13H,10-11H2. The molecule has 2 amide bonds. The molecule has 0 fully saturated rings. The number of benzene rings is 4. The number of aryl methyl sites for hydroxylation is 2. The van der Waals surface area contributed by atoms with E-state index in [1.54, 1.807) is 0 Å². The molecule has 0 saturated heterocycles. The molecule has 1 aliphatic heterocycles. The molecule has 0 bridgehead atoms. The number of imide groups is 1. The van der Waals surface area contributed by atoms with Gasteiger partial charge < -0.3 is 0 Å². The number of hydrogen-bond donors (Lipinski definition) is 0. The van der Waals surface area contributed by atoms with Crippen LogP contribution in [0.15, 0.2) is 66.7 Å². The molecule has 3 nitrogen and oxygen atoms in total. The normalized spacial score (nSPS) is 15.2. The lowest BCUT2D eigenvalue weighted by molar-refractivity contribution is 0.0894. The molecular formula is C24H15NO2. The molecule has 0 spiro atoms. The highest BCUT2D eigenvalue weighted by atomic mass is 16.2. The Hall–Kier alpha value is -3.46. The highest BCUT2D eigenvalue weighted by Crippen LogP contribution is 2.39. The van der Waals surface area contributed by atoms with Crippen molar-refractivity contribution >= 4 is 39.0 Å². The molecule has 4 aromatic rings. The summed E-state index contributed by atoms with van der Waals surface area (Å²) >= 11 is 0. The van der Waals surface area contributed by atoms with Crippen LogP contribution in [0, 0.1) is 0 Å². The molecule has 2 aliphatic rings. The van der Waals surface area contributed by atoms with Crippen LogP contribution in [-0.4, -0.2) is 11.8 Å². The first kappa shape index (κ1) is 14.7. The topological polar surface area (TPSA) is 37.4 Å². The third-order valence-corrected chi connectivity index (χ3v) is 5.87. The van der Waals surface area contributed by atoms with E-state index >= 15 is 0 Å². The van der Waals surface area contributed by atoms with Gasteiger partial charge in [-0.05, 0) is 52.9 Å². The number of rotatable bonds is 1. The zero-order valence-electron chi connectivity index (χ0n) is 14.5. The van der Waals surface area contributed by atoms with E-state index in [2.05, 4.69) is 12.1 Å². The van der Waals surface area contributed by atoms with Gasteiger partial charge in [0.05, 0.1) is 5.69 Å². The van der Waals surface area contributed by atoms with E-state index in [9.17, 15) is 9.59 Å². The molecule has 6 rings (SSSR count). The van der Waals surface area contributed by atoms with Gasteiger partial charge in [-0.25, -0.2) is 4.90 Å². The highest BCUT2D eigenvalue weighted by Gasteiger charge is 2.35. The van der Waals surface area contributed by atoms with Crippen molar-refractivity contribution in [1.29, 1.82) is 0 Å². The Balaban J connectivity index is 1.66. The number of nitrogens with zero attached hydrogens (tertiary/aromatic N) is 1. The largest absolute Gasteiger partial charge is 0.268 e. The van der Waals surface area contributed by atoms with Crippen LogP contribution in [0.4, 0.5) is 5.69 Å². The third kappa shape index (κ3) is 1.81. The lowest BCUT2D eigenvalue weighted by Crippen LogP contribution is -2.40. The lowest BCUT2D eigenvalue weighted by Gasteiger charge is -2.28. The van der Waals surface area contributed by atoms with Crippen molar-refractivity contribution in [2.24, 2.45) is 0 Å². The van der Waals surface area contributed by atoms with E-state index in [0.717, 1.165) is 29.0 Å². The molecule has 0 unspecified atom stereocenters. The molecule has 1 heterocycles. The quantitative estimate of drug-likeness (QED) is 0.459. The minimum absolute atomic E-state index is 0.247. The summed E-state index contributed by atoms with van der Waals surface area (Å²) in [6, 6.07) is 21.4. The van der Waals surface area contributed by atoms with Crippen LogP contribution >= 0.6 is 0 Å². The Morgan fingerprint density at radius 2 is 1.26 bits per heavy atom. The van der Waals surface area contributed by atoms with Gasteiger partial charge in [0.15, 0.2) is 0 Å². The summed E-state index contributed by atoms with van der Waals surface area (Å²) < 4.78 is 0. The summed E-state index contributed by atoms with van der Waals surface area (Å²) in [6.07, 6.45) is 2.03. The fourth-order valence-electron chi connectivity index (χ4n) is 4.68. The van der Waals surface area contributed by atoms with Crippen LogP contribution in [-0.2, 0) is 12.8 Å². The number of anilines is 1. The summed E-state index contributed by atoms with van der Waals surface area (Å²) in [5, 5.41) is 3.87. The van der Waals surface area contributed by atoms with Gasteiger partial charge in [0.2, 0.25) is 0 Å². The Labute approximate surface area is 155 Å². The van der Waals surface area contributed by atoms with Crippen molar-refractivity contribution in [1.82, 2.24) is 0 Å². The zero-order valence-corrected chi connectivity index (χ0v) is 14.5. The van der Waals surface area contributed by atoms with Crippen LogP contribution < -0.4 is 4.90 Å².